The molecule has 4 heteroatoms. The van der Waals surface area contributed by atoms with E-state index in [4.69, 9.17) is 9.47 Å². The molecule has 0 saturated carbocycles. The zero-order valence-corrected chi connectivity index (χ0v) is 14.4. The largest absolute Gasteiger partial charge is 0.496 e. The lowest BCUT2D eigenvalue weighted by Gasteiger charge is -2.19. The molecule has 0 heterocycles. The average molecular weight is 328 g/mol. The van der Waals surface area contributed by atoms with Crippen LogP contribution >= 0.6 is 0 Å². The number of hydrogen-bond acceptors (Lipinski definition) is 3. The van der Waals surface area contributed by atoms with Crippen LogP contribution in [0.15, 0.2) is 42.5 Å². The molecule has 1 unspecified atom stereocenters. The molecule has 0 amide bonds. The minimum absolute atomic E-state index is 0.356. The van der Waals surface area contributed by atoms with Crippen LogP contribution in [0.2, 0.25) is 0 Å². The number of benzene rings is 2. The van der Waals surface area contributed by atoms with Crippen LogP contribution < -0.4 is 9.47 Å². The molecule has 128 valence electrons. The molecule has 2 aromatic carbocycles. The smallest absolute Gasteiger partial charge is 0.311 e. The monoisotopic (exact) mass is 328 g/mol. The fraction of sp³-hybridized carbons (Fsp3) is 0.350. The Bertz CT molecular complexity index is 694. The Morgan fingerprint density at radius 1 is 1.17 bits per heavy atom. The molecular formula is C20H24O4. The van der Waals surface area contributed by atoms with Gasteiger partial charge in [0.15, 0.2) is 0 Å². The summed E-state index contributed by atoms with van der Waals surface area (Å²) in [6.45, 7) is 4.60. The summed E-state index contributed by atoms with van der Waals surface area (Å²) in [5.74, 6) is -0.215. The van der Waals surface area contributed by atoms with Gasteiger partial charge in [0.05, 0.1) is 19.6 Å². The lowest BCUT2D eigenvalue weighted by Crippen LogP contribution is -2.16. The van der Waals surface area contributed by atoms with Crippen molar-refractivity contribution in [3.8, 4) is 11.5 Å². The number of aryl methyl sites for hydroxylation is 1. The SMILES string of the molecule is CCCOc1ccccc1CC(C(=O)O)c1cc(C)ccc1OC. The van der Waals surface area contributed by atoms with E-state index in [1.54, 1.807) is 7.11 Å². The molecule has 0 aliphatic rings. The Morgan fingerprint density at radius 2 is 1.92 bits per heavy atom. The molecule has 0 fully saturated rings. The standard InChI is InChI=1S/C20H24O4/c1-4-11-24-18-8-6-5-7-15(18)13-17(20(21)22)16-12-14(2)9-10-19(16)23-3/h5-10,12,17H,4,11,13H2,1-3H3,(H,21,22). The van der Waals surface area contributed by atoms with Crippen molar-refractivity contribution in [2.45, 2.75) is 32.6 Å². The normalized spacial score (nSPS) is 11.8. The van der Waals surface area contributed by atoms with Gasteiger partial charge in [-0.2, -0.15) is 0 Å². The van der Waals surface area contributed by atoms with E-state index >= 15 is 0 Å². The minimum Gasteiger partial charge on any atom is -0.496 e. The second kappa shape index (κ2) is 8.39. The van der Waals surface area contributed by atoms with Crippen molar-refractivity contribution in [2.24, 2.45) is 0 Å². The van der Waals surface area contributed by atoms with E-state index in [1.165, 1.54) is 0 Å². The zero-order chi connectivity index (χ0) is 17.5. The van der Waals surface area contributed by atoms with Gasteiger partial charge in [-0.05, 0) is 37.5 Å². The Labute approximate surface area is 143 Å². The van der Waals surface area contributed by atoms with E-state index in [1.807, 2.05) is 56.3 Å². The Morgan fingerprint density at radius 3 is 2.58 bits per heavy atom. The zero-order valence-electron chi connectivity index (χ0n) is 14.4. The molecule has 0 aliphatic heterocycles. The summed E-state index contributed by atoms with van der Waals surface area (Å²) in [6.07, 6.45) is 1.26. The van der Waals surface area contributed by atoms with Gasteiger partial charge in [-0.15, -0.1) is 0 Å². The fourth-order valence-corrected chi connectivity index (χ4v) is 2.70. The third-order valence-corrected chi connectivity index (χ3v) is 3.92. The maximum absolute atomic E-state index is 11.9. The van der Waals surface area contributed by atoms with Crippen molar-refractivity contribution in [3.05, 3.63) is 59.2 Å². The van der Waals surface area contributed by atoms with Gasteiger partial charge in [0.2, 0.25) is 0 Å². The van der Waals surface area contributed by atoms with Crippen molar-refractivity contribution in [3.63, 3.8) is 0 Å². The van der Waals surface area contributed by atoms with Gasteiger partial charge in [-0.25, -0.2) is 0 Å². The fourth-order valence-electron chi connectivity index (χ4n) is 2.70. The van der Waals surface area contributed by atoms with Crippen LogP contribution in [0.3, 0.4) is 0 Å². The summed E-state index contributed by atoms with van der Waals surface area (Å²) in [5.41, 5.74) is 2.59. The second-order valence-electron chi connectivity index (χ2n) is 5.80. The highest BCUT2D eigenvalue weighted by Crippen LogP contribution is 2.33. The van der Waals surface area contributed by atoms with Crippen LogP contribution in [0.5, 0.6) is 11.5 Å². The van der Waals surface area contributed by atoms with E-state index < -0.39 is 11.9 Å². The molecule has 1 atom stereocenters. The van der Waals surface area contributed by atoms with Gasteiger partial charge < -0.3 is 14.6 Å². The van der Waals surface area contributed by atoms with E-state index in [2.05, 4.69) is 0 Å². The predicted molar refractivity (Wildman–Crippen MR) is 94.0 cm³/mol. The minimum atomic E-state index is -0.871. The second-order valence-corrected chi connectivity index (χ2v) is 5.80. The molecule has 24 heavy (non-hydrogen) atoms. The number of methoxy groups -OCH3 is 1. The number of carbonyl (C=O) groups is 1. The summed E-state index contributed by atoms with van der Waals surface area (Å²) < 4.78 is 11.1. The number of para-hydroxylation sites is 1. The van der Waals surface area contributed by atoms with Gasteiger partial charge in [0.25, 0.3) is 0 Å². The maximum Gasteiger partial charge on any atom is 0.311 e. The van der Waals surface area contributed by atoms with Crippen LogP contribution in [-0.4, -0.2) is 24.8 Å². The Hall–Kier alpha value is -2.49. The van der Waals surface area contributed by atoms with Crippen molar-refractivity contribution >= 4 is 5.97 Å². The van der Waals surface area contributed by atoms with E-state index in [9.17, 15) is 9.90 Å². The number of carboxylic acid groups (broad SMARTS) is 1. The highest BCUT2D eigenvalue weighted by atomic mass is 16.5. The highest BCUT2D eigenvalue weighted by Gasteiger charge is 2.25. The molecule has 0 radical (unpaired) electrons. The van der Waals surface area contributed by atoms with Gasteiger partial charge in [0.1, 0.15) is 11.5 Å². The quantitative estimate of drug-likeness (QED) is 0.789. The third kappa shape index (κ3) is 4.28. The summed E-state index contributed by atoms with van der Waals surface area (Å²) in [4.78, 5) is 11.9. The molecule has 2 rings (SSSR count). The van der Waals surface area contributed by atoms with Gasteiger partial charge >= 0.3 is 5.97 Å². The first-order chi connectivity index (χ1) is 11.6. The third-order valence-electron chi connectivity index (χ3n) is 3.92. The Balaban J connectivity index is 2.37. The number of hydrogen-bond donors (Lipinski definition) is 1. The molecule has 0 bridgehead atoms. The molecule has 4 nitrogen and oxygen atoms in total. The van der Waals surface area contributed by atoms with Crippen molar-refractivity contribution in [2.75, 3.05) is 13.7 Å². The van der Waals surface area contributed by atoms with Crippen LogP contribution in [-0.2, 0) is 11.2 Å². The maximum atomic E-state index is 11.9. The number of rotatable bonds is 8. The first-order valence-electron chi connectivity index (χ1n) is 8.14. The van der Waals surface area contributed by atoms with Crippen LogP contribution in [0.1, 0.15) is 36.0 Å². The number of carboxylic acids is 1. The topological polar surface area (TPSA) is 55.8 Å². The van der Waals surface area contributed by atoms with Gasteiger partial charge in [0, 0.05) is 5.56 Å². The molecule has 0 aliphatic carbocycles. The molecule has 1 N–H and O–H groups in total. The summed E-state index contributed by atoms with van der Waals surface area (Å²) >= 11 is 0. The molecule has 0 spiro atoms. The average Bonchev–Trinajstić information content (AvgIpc) is 2.58. The van der Waals surface area contributed by atoms with Crippen molar-refractivity contribution in [1.82, 2.24) is 0 Å². The number of aliphatic carboxylic acids is 1. The summed E-state index contributed by atoms with van der Waals surface area (Å²) in [7, 11) is 1.56. The van der Waals surface area contributed by atoms with Crippen LogP contribution in [0.25, 0.3) is 0 Å². The summed E-state index contributed by atoms with van der Waals surface area (Å²) in [5, 5.41) is 9.77. The van der Waals surface area contributed by atoms with Crippen molar-refractivity contribution in [1.29, 1.82) is 0 Å². The van der Waals surface area contributed by atoms with E-state index in [0.717, 1.165) is 23.3 Å². The van der Waals surface area contributed by atoms with Crippen molar-refractivity contribution < 1.29 is 19.4 Å². The lowest BCUT2D eigenvalue weighted by atomic mass is 9.90. The van der Waals surface area contributed by atoms with Gasteiger partial charge in [-0.3, -0.25) is 4.79 Å². The number of ether oxygens (including phenoxy) is 2. The Kier molecular flexibility index (Phi) is 6.24. The summed E-state index contributed by atoms with van der Waals surface area (Å²) in [6, 6.07) is 13.2. The molecule has 0 saturated heterocycles. The molecular weight excluding hydrogens is 304 g/mol. The van der Waals surface area contributed by atoms with E-state index in [-0.39, 0.29) is 0 Å². The van der Waals surface area contributed by atoms with Crippen LogP contribution in [0, 0.1) is 6.92 Å². The highest BCUT2D eigenvalue weighted by molar-refractivity contribution is 5.78. The van der Waals surface area contributed by atoms with E-state index in [0.29, 0.717) is 24.3 Å². The van der Waals surface area contributed by atoms with Crippen LogP contribution in [0.4, 0.5) is 0 Å². The lowest BCUT2D eigenvalue weighted by molar-refractivity contribution is -0.138. The first kappa shape index (κ1) is 17.9. The first-order valence-corrected chi connectivity index (χ1v) is 8.14. The molecule has 2 aromatic rings. The predicted octanol–water partition coefficient (Wildman–Crippen LogP) is 4.20. The molecule has 0 aromatic heterocycles. The van der Waals surface area contributed by atoms with Gasteiger partial charge in [-0.1, -0.05) is 42.8 Å².